The van der Waals surface area contributed by atoms with Crippen molar-refractivity contribution < 1.29 is 4.79 Å². The Hall–Kier alpha value is -0.860. The number of hydrogen-bond acceptors (Lipinski definition) is 6. The molecule has 0 radical (unpaired) electrons. The van der Waals surface area contributed by atoms with Crippen molar-refractivity contribution in [3.63, 3.8) is 0 Å². The quantitative estimate of drug-likeness (QED) is 0.441. The first-order chi connectivity index (χ1) is 13.4. The summed E-state index contributed by atoms with van der Waals surface area (Å²) in [5.74, 6) is 1.66. The Balaban J connectivity index is 1.45. The number of nitrogens with zero attached hydrogens (tertiary/aromatic N) is 3. The fraction of sp³-hybridized carbons (Fsp3) is 0.526. The summed E-state index contributed by atoms with van der Waals surface area (Å²) < 4.78 is 0.903. The number of benzene rings is 1. The van der Waals surface area contributed by atoms with E-state index in [0.29, 0.717) is 21.1 Å². The molecule has 1 amide bonds. The monoisotopic (exact) mass is 458 g/mol. The second-order valence-corrected chi connectivity index (χ2v) is 10.4. The van der Waals surface area contributed by atoms with Crippen LogP contribution >= 0.6 is 46.3 Å². The summed E-state index contributed by atoms with van der Waals surface area (Å²) in [4.78, 5) is 14.9. The van der Waals surface area contributed by atoms with E-state index in [1.165, 1.54) is 11.3 Å². The predicted octanol–water partition coefficient (Wildman–Crippen LogP) is 5.44. The van der Waals surface area contributed by atoms with Gasteiger partial charge in [0.05, 0.1) is 10.0 Å². The first-order valence-electron chi connectivity index (χ1n) is 9.34. The molecule has 28 heavy (non-hydrogen) atoms. The number of nitrogens with one attached hydrogen (secondary N) is 1. The zero-order chi connectivity index (χ0) is 20.1. The molecule has 5 nitrogen and oxygen atoms in total. The maximum absolute atomic E-state index is 12.6. The zero-order valence-electron chi connectivity index (χ0n) is 16.0. The van der Waals surface area contributed by atoms with Crippen molar-refractivity contribution in [2.24, 2.45) is 11.8 Å². The van der Waals surface area contributed by atoms with Gasteiger partial charge in [0.2, 0.25) is 11.0 Å². The zero-order valence-corrected chi connectivity index (χ0v) is 19.1. The number of halogens is 2. The van der Waals surface area contributed by atoms with E-state index in [-0.39, 0.29) is 11.8 Å². The molecule has 1 aromatic heterocycles. The van der Waals surface area contributed by atoms with Gasteiger partial charge in [-0.2, -0.15) is 0 Å². The molecule has 1 aliphatic rings. The Morgan fingerprint density at radius 3 is 2.71 bits per heavy atom. The highest BCUT2D eigenvalue weighted by atomic mass is 35.5. The molecule has 0 atom stereocenters. The van der Waals surface area contributed by atoms with E-state index in [1.54, 1.807) is 11.8 Å². The average molecular weight is 459 g/mol. The van der Waals surface area contributed by atoms with Gasteiger partial charge in [0.25, 0.3) is 0 Å². The molecule has 0 aliphatic carbocycles. The molecule has 0 saturated carbocycles. The van der Waals surface area contributed by atoms with E-state index in [1.807, 2.05) is 18.2 Å². The highest BCUT2D eigenvalue weighted by Gasteiger charge is 2.26. The van der Waals surface area contributed by atoms with Crippen molar-refractivity contribution >= 4 is 57.3 Å². The summed E-state index contributed by atoms with van der Waals surface area (Å²) in [6.45, 7) is 6.92. The number of carbonyl (C=O) groups excluding carboxylic acids is 1. The summed E-state index contributed by atoms with van der Waals surface area (Å²) >= 11 is 15.2. The molecule has 1 fully saturated rings. The maximum Gasteiger partial charge on any atom is 0.229 e. The van der Waals surface area contributed by atoms with E-state index in [0.717, 1.165) is 48.1 Å². The summed E-state index contributed by atoms with van der Waals surface area (Å²) in [6.07, 6.45) is 1.67. The number of aromatic nitrogens is 2. The van der Waals surface area contributed by atoms with Gasteiger partial charge in [-0.15, -0.1) is 10.2 Å². The van der Waals surface area contributed by atoms with E-state index in [2.05, 4.69) is 34.3 Å². The van der Waals surface area contributed by atoms with Crippen LogP contribution in [-0.2, 0) is 11.3 Å². The van der Waals surface area contributed by atoms with Crippen molar-refractivity contribution in [3.05, 3.63) is 33.8 Å². The third-order valence-corrected chi connectivity index (χ3v) is 7.66. The number of anilines is 1. The molecule has 2 aromatic rings. The molecule has 1 aliphatic heterocycles. The van der Waals surface area contributed by atoms with Crippen molar-refractivity contribution in [1.82, 2.24) is 15.1 Å². The van der Waals surface area contributed by atoms with Gasteiger partial charge in [0.1, 0.15) is 0 Å². The van der Waals surface area contributed by atoms with Gasteiger partial charge in [-0.1, -0.05) is 66.2 Å². The van der Waals surface area contributed by atoms with Crippen LogP contribution in [0, 0.1) is 11.8 Å². The van der Waals surface area contributed by atoms with Crippen LogP contribution in [0.25, 0.3) is 0 Å². The molecule has 0 bridgehead atoms. The van der Waals surface area contributed by atoms with Gasteiger partial charge in [0, 0.05) is 18.2 Å². The standard InChI is InChI=1S/C19H24Cl2N4OS2/c1-12(2)11-27-19-24-23-18(28-19)22-17(26)14-5-7-25(8-6-14)10-13-3-4-15(20)16(21)9-13/h3-4,9,12,14H,5-8,10-11H2,1-2H3,(H,22,23,26). The lowest BCUT2D eigenvalue weighted by atomic mass is 9.95. The Morgan fingerprint density at radius 1 is 1.29 bits per heavy atom. The Labute approximate surface area is 184 Å². The minimum absolute atomic E-state index is 0.0146. The molecule has 2 heterocycles. The summed E-state index contributed by atoms with van der Waals surface area (Å²) in [7, 11) is 0. The van der Waals surface area contributed by atoms with Gasteiger partial charge in [-0.05, 0) is 49.5 Å². The predicted molar refractivity (Wildman–Crippen MR) is 119 cm³/mol. The normalized spacial score (nSPS) is 15.9. The number of rotatable bonds is 7. The van der Waals surface area contributed by atoms with Crippen molar-refractivity contribution in [3.8, 4) is 0 Å². The first-order valence-corrected chi connectivity index (χ1v) is 11.9. The number of thioether (sulfide) groups is 1. The maximum atomic E-state index is 12.6. The van der Waals surface area contributed by atoms with Gasteiger partial charge < -0.3 is 5.32 Å². The lowest BCUT2D eigenvalue weighted by Gasteiger charge is -2.31. The molecule has 1 saturated heterocycles. The van der Waals surface area contributed by atoms with Crippen LogP contribution in [0.5, 0.6) is 0 Å². The third kappa shape index (κ3) is 6.32. The molecule has 152 valence electrons. The van der Waals surface area contributed by atoms with E-state index < -0.39 is 0 Å². The molecule has 0 unspecified atom stereocenters. The lowest BCUT2D eigenvalue weighted by molar-refractivity contribution is -0.121. The first kappa shape index (κ1) is 21.8. The van der Waals surface area contributed by atoms with Gasteiger partial charge in [-0.25, -0.2) is 0 Å². The molecular formula is C19H24Cl2N4OS2. The Kier molecular flexibility index (Phi) is 8.00. The average Bonchev–Trinajstić information content (AvgIpc) is 3.11. The number of amides is 1. The molecular weight excluding hydrogens is 435 g/mol. The Bertz CT molecular complexity index is 807. The molecule has 0 spiro atoms. The van der Waals surface area contributed by atoms with Gasteiger partial charge >= 0.3 is 0 Å². The van der Waals surface area contributed by atoms with Crippen LogP contribution in [0.4, 0.5) is 5.13 Å². The molecule has 1 aromatic carbocycles. The van der Waals surface area contributed by atoms with Crippen LogP contribution in [0.1, 0.15) is 32.3 Å². The number of likely N-dealkylation sites (tertiary alicyclic amines) is 1. The highest BCUT2D eigenvalue weighted by Crippen LogP contribution is 2.28. The van der Waals surface area contributed by atoms with Crippen LogP contribution < -0.4 is 5.32 Å². The molecule has 9 heteroatoms. The highest BCUT2D eigenvalue weighted by molar-refractivity contribution is 8.01. The summed E-state index contributed by atoms with van der Waals surface area (Å²) in [5, 5.41) is 12.9. The second kappa shape index (κ2) is 10.3. The van der Waals surface area contributed by atoms with Crippen LogP contribution in [0.15, 0.2) is 22.5 Å². The fourth-order valence-electron chi connectivity index (χ4n) is 3.01. The van der Waals surface area contributed by atoms with Gasteiger partial charge in [0.15, 0.2) is 4.34 Å². The lowest BCUT2D eigenvalue weighted by Crippen LogP contribution is -2.37. The Morgan fingerprint density at radius 2 is 2.04 bits per heavy atom. The van der Waals surface area contributed by atoms with Crippen LogP contribution in [0.3, 0.4) is 0 Å². The van der Waals surface area contributed by atoms with E-state index in [9.17, 15) is 4.79 Å². The largest absolute Gasteiger partial charge is 0.300 e. The number of carbonyl (C=O) groups is 1. The SMILES string of the molecule is CC(C)CSc1nnc(NC(=O)C2CCN(Cc3ccc(Cl)c(Cl)c3)CC2)s1. The number of piperidine rings is 1. The number of hydrogen-bond donors (Lipinski definition) is 1. The third-order valence-electron chi connectivity index (χ3n) is 4.53. The van der Waals surface area contributed by atoms with Crippen molar-refractivity contribution in [2.45, 2.75) is 37.6 Å². The van der Waals surface area contributed by atoms with Crippen molar-refractivity contribution in [2.75, 3.05) is 24.2 Å². The minimum Gasteiger partial charge on any atom is -0.300 e. The van der Waals surface area contributed by atoms with Crippen LogP contribution in [-0.4, -0.2) is 39.8 Å². The van der Waals surface area contributed by atoms with E-state index in [4.69, 9.17) is 23.2 Å². The second-order valence-electron chi connectivity index (χ2n) is 7.37. The molecule has 3 rings (SSSR count). The molecule has 1 N–H and O–H groups in total. The van der Waals surface area contributed by atoms with Crippen molar-refractivity contribution in [1.29, 1.82) is 0 Å². The minimum atomic E-state index is 0.0146. The fourth-order valence-corrected chi connectivity index (χ4v) is 5.07. The summed E-state index contributed by atoms with van der Waals surface area (Å²) in [6, 6.07) is 5.74. The van der Waals surface area contributed by atoms with Crippen LogP contribution in [0.2, 0.25) is 10.0 Å². The topological polar surface area (TPSA) is 58.1 Å². The van der Waals surface area contributed by atoms with E-state index >= 15 is 0 Å². The van der Waals surface area contributed by atoms with Gasteiger partial charge in [-0.3, -0.25) is 9.69 Å². The smallest absolute Gasteiger partial charge is 0.229 e. The summed E-state index contributed by atoms with van der Waals surface area (Å²) in [5.41, 5.74) is 1.14.